The molecule has 0 amide bonds. The molecule has 1 fully saturated rings. The first-order valence-electron chi connectivity index (χ1n) is 6.71. The average Bonchev–Trinajstić information content (AvgIpc) is 2.89. The molecule has 3 rings (SSSR count). The Hall–Kier alpha value is -1.81. The molecule has 1 atom stereocenters. The van der Waals surface area contributed by atoms with Gasteiger partial charge >= 0.3 is 0 Å². The molecule has 19 heavy (non-hydrogen) atoms. The first kappa shape index (κ1) is 12.2. The zero-order valence-corrected chi connectivity index (χ0v) is 11.5. The van der Waals surface area contributed by atoms with Crippen LogP contribution in [0.2, 0.25) is 0 Å². The van der Waals surface area contributed by atoms with Crippen LogP contribution in [-0.2, 0) is 0 Å². The molecular weight excluding hydrogens is 236 g/mol. The zero-order valence-electron chi connectivity index (χ0n) is 11.5. The lowest BCUT2D eigenvalue weighted by atomic mass is 10.1. The summed E-state index contributed by atoms with van der Waals surface area (Å²) in [4.78, 5) is 9.02. The number of likely N-dealkylation sites (N-methyl/N-ethyl adjacent to an activating group) is 1. The van der Waals surface area contributed by atoms with Crippen molar-refractivity contribution in [3.05, 3.63) is 30.5 Å². The van der Waals surface area contributed by atoms with Gasteiger partial charge in [0.2, 0.25) is 0 Å². The monoisotopic (exact) mass is 256 g/mol. The third-order valence-electron chi connectivity index (χ3n) is 4.04. The van der Waals surface area contributed by atoms with Crippen LogP contribution in [0.1, 0.15) is 6.42 Å². The number of nitrogens with two attached hydrogens (primary N) is 1. The number of rotatable bonds is 2. The molecule has 4 nitrogen and oxygen atoms in total. The molecular formula is C15H20N4. The highest BCUT2D eigenvalue weighted by Gasteiger charge is 2.25. The molecule has 100 valence electrons. The maximum Gasteiger partial charge on any atom is 0.0724 e. The minimum atomic E-state index is 0.615. The number of hydrogen-bond donors (Lipinski definition) is 1. The summed E-state index contributed by atoms with van der Waals surface area (Å²) in [6.45, 7) is 2.11. The van der Waals surface area contributed by atoms with Crippen LogP contribution in [-0.4, -0.2) is 43.1 Å². The molecule has 1 aliphatic heterocycles. The number of fused-ring (bicyclic) bond motifs is 1. The number of pyridine rings is 1. The van der Waals surface area contributed by atoms with Crippen molar-refractivity contribution in [3.63, 3.8) is 0 Å². The zero-order chi connectivity index (χ0) is 13.4. The van der Waals surface area contributed by atoms with Crippen LogP contribution < -0.4 is 10.6 Å². The van der Waals surface area contributed by atoms with Crippen LogP contribution in [0.5, 0.6) is 0 Å². The molecule has 0 spiro atoms. The molecule has 0 aliphatic carbocycles. The smallest absolute Gasteiger partial charge is 0.0724 e. The highest BCUT2D eigenvalue weighted by Crippen LogP contribution is 2.32. The highest BCUT2D eigenvalue weighted by molar-refractivity contribution is 5.97. The molecule has 2 N–H and O–H groups in total. The predicted molar refractivity (Wildman–Crippen MR) is 80.5 cm³/mol. The van der Waals surface area contributed by atoms with Crippen LogP contribution >= 0.6 is 0 Å². The first-order valence-corrected chi connectivity index (χ1v) is 6.71. The summed E-state index contributed by atoms with van der Waals surface area (Å²) in [6, 6.07) is 8.76. The van der Waals surface area contributed by atoms with Gasteiger partial charge in [0.1, 0.15) is 0 Å². The quantitative estimate of drug-likeness (QED) is 0.834. The van der Waals surface area contributed by atoms with E-state index in [4.69, 9.17) is 5.73 Å². The van der Waals surface area contributed by atoms with Crippen molar-refractivity contribution in [1.29, 1.82) is 0 Å². The van der Waals surface area contributed by atoms with E-state index in [1.54, 1.807) is 6.20 Å². The molecule has 2 aromatic rings. The molecule has 1 aromatic carbocycles. The fourth-order valence-corrected chi connectivity index (χ4v) is 2.82. The largest absolute Gasteiger partial charge is 0.396 e. The number of anilines is 2. The number of nitrogen functional groups attached to an aromatic ring is 1. The van der Waals surface area contributed by atoms with E-state index in [1.807, 2.05) is 12.1 Å². The Labute approximate surface area is 113 Å². The maximum atomic E-state index is 6.33. The molecule has 1 aliphatic rings. The Morgan fingerprint density at radius 3 is 2.89 bits per heavy atom. The normalized spacial score (nSPS) is 19.5. The van der Waals surface area contributed by atoms with E-state index in [0.717, 1.165) is 35.4 Å². The minimum Gasteiger partial charge on any atom is -0.396 e. The van der Waals surface area contributed by atoms with Crippen molar-refractivity contribution in [2.75, 3.05) is 37.8 Å². The van der Waals surface area contributed by atoms with Crippen LogP contribution in [0, 0.1) is 0 Å². The van der Waals surface area contributed by atoms with Gasteiger partial charge in [-0.2, -0.15) is 0 Å². The molecule has 4 heteroatoms. The summed E-state index contributed by atoms with van der Waals surface area (Å²) in [5.74, 6) is 0. The second kappa shape index (κ2) is 4.70. The molecule has 1 aromatic heterocycles. The standard InChI is InChI=1S/C15H20N4/c1-18(2)11-7-9-19(10-11)14-6-5-13-12(15(14)16)4-3-8-17-13/h3-6,8,11H,7,9-10,16H2,1-2H3. The highest BCUT2D eigenvalue weighted by atomic mass is 15.2. The van der Waals surface area contributed by atoms with E-state index in [2.05, 4.69) is 41.0 Å². The van der Waals surface area contributed by atoms with Gasteiger partial charge in [-0.05, 0) is 44.8 Å². The van der Waals surface area contributed by atoms with E-state index in [9.17, 15) is 0 Å². The maximum absolute atomic E-state index is 6.33. The van der Waals surface area contributed by atoms with Crippen molar-refractivity contribution >= 4 is 22.3 Å². The fourth-order valence-electron chi connectivity index (χ4n) is 2.82. The summed E-state index contributed by atoms with van der Waals surface area (Å²) in [5.41, 5.74) is 9.29. The van der Waals surface area contributed by atoms with Crippen molar-refractivity contribution in [3.8, 4) is 0 Å². The van der Waals surface area contributed by atoms with E-state index in [1.165, 1.54) is 6.42 Å². The van der Waals surface area contributed by atoms with E-state index < -0.39 is 0 Å². The lowest BCUT2D eigenvalue weighted by Crippen LogP contribution is -2.31. The van der Waals surface area contributed by atoms with Gasteiger partial charge in [0, 0.05) is 30.7 Å². The summed E-state index contributed by atoms with van der Waals surface area (Å²) < 4.78 is 0. The molecule has 0 saturated carbocycles. The van der Waals surface area contributed by atoms with E-state index >= 15 is 0 Å². The Morgan fingerprint density at radius 2 is 2.16 bits per heavy atom. The summed E-state index contributed by atoms with van der Waals surface area (Å²) in [5, 5.41) is 1.05. The van der Waals surface area contributed by atoms with Gasteiger partial charge in [0.25, 0.3) is 0 Å². The Kier molecular flexibility index (Phi) is 3.03. The van der Waals surface area contributed by atoms with Gasteiger partial charge < -0.3 is 15.5 Å². The number of hydrogen-bond acceptors (Lipinski definition) is 4. The van der Waals surface area contributed by atoms with Crippen LogP contribution in [0.3, 0.4) is 0 Å². The van der Waals surface area contributed by atoms with Crippen molar-refractivity contribution in [1.82, 2.24) is 9.88 Å². The van der Waals surface area contributed by atoms with Crippen LogP contribution in [0.4, 0.5) is 11.4 Å². The van der Waals surface area contributed by atoms with E-state index in [0.29, 0.717) is 6.04 Å². The van der Waals surface area contributed by atoms with Crippen LogP contribution in [0.25, 0.3) is 10.9 Å². The summed E-state index contributed by atoms with van der Waals surface area (Å²) >= 11 is 0. The Balaban J connectivity index is 1.96. The first-order chi connectivity index (χ1) is 9.16. The lowest BCUT2D eigenvalue weighted by Gasteiger charge is -2.23. The van der Waals surface area contributed by atoms with Gasteiger partial charge in [-0.1, -0.05) is 0 Å². The van der Waals surface area contributed by atoms with Gasteiger partial charge in [-0.25, -0.2) is 0 Å². The molecule has 0 radical (unpaired) electrons. The van der Waals surface area contributed by atoms with Crippen LogP contribution in [0.15, 0.2) is 30.5 Å². The van der Waals surface area contributed by atoms with Gasteiger partial charge in [0.15, 0.2) is 0 Å². The van der Waals surface area contributed by atoms with Gasteiger partial charge in [-0.3, -0.25) is 4.98 Å². The van der Waals surface area contributed by atoms with Gasteiger partial charge in [-0.15, -0.1) is 0 Å². The molecule has 1 saturated heterocycles. The fraction of sp³-hybridized carbons (Fsp3) is 0.400. The topological polar surface area (TPSA) is 45.4 Å². The lowest BCUT2D eigenvalue weighted by molar-refractivity contribution is 0.315. The Bertz CT molecular complexity index is 594. The summed E-state index contributed by atoms with van der Waals surface area (Å²) in [7, 11) is 4.28. The van der Waals surface area contributed by atoms with Crippen molar-refractivity contribution in [2.45, 2.75) is 12.5 Å². The summed E-state index contributed by atoms with van der Waals surface area (Å²) in [6.07, 6.45) is 3.00. The predicted octanol–water partition coefficient (Wildman–Crippen LogP) is 1.96. The second-order valence-corrected chi connectivity index (χ2v) is 5.42. The number of aromatic nitrogens is 1. The average molecular weight is 256 g/mol. The SMILES string of the molecule is CN(C)C1CCN(c2ccc3ncccc3c2N)C1. The van der Waals surface area contributed by atoms with Gasteiger partial charge in [0.05, 0.1) is 16.9 Å². The number of benzene rings is 1. The van der Waals surface area contributed by atoms with Crippen molar-refractivity contribution < 1.29 is 0 Å². The number of nitrogens with zero attached hydrogens (tertiary/aromatic N) is 3. The third kappa shape index (κ3) is 2.12. The molecule has 2 heterocycles. The molecule has 0 bridgehead atoms. The minimum absolute atomic E-state index is 0.615. The molecule has 1 unspecified atom stereocenters. The third-order valence-corrected chi connectivity index (χ3v) is 4.04. The Morgan fingerprint density at radius 1 is 1.32 bits per heavy atom. The van der Waals surface area contributed by atoms with Crippen molar-refractivity contribution in [2.24, 2.45) is 0 Å². The second-order valence-electron chi connectivity index (χ2n) is 5.42. The van der Waals surface area contributed by atoms with E-state index in [-0.39, 0.29) is 0 Å².